The van der Waals surface area contributed by atoms with Crippen molar-refractivity contribution in [2.24, 2.45) is 5.92 Å². The monoisotopic (exact) mass is 230 g/mol. The molecule has 1 rings (SSSR count). The Hall–Kier alpha value is -1.46. The SMILES string of the molecule is CCC(CC)CN1C(=O)NC(=O)C(F)C1=O. The van der Waals surface area contributed by atoms with Gasteiger partial charge in [-0.05, 0) is 5.92 Å². The standard InChI is InChI=1S/C10H15FN2O3/c1-3-6(4-2)5-13-9(15)7(11)8(14)12-10(13)16/h6-7H,3-5H2,1-2H3,(H,12,14,16). The van der Waals surface area contributed by atoms with Gasteiger partial charge in [-0.15, -0.1) is 0 Å². The highest BCUT2D eigenvalue weighted by Gasteiger charge is 2.41. The third kappa shape index (κ3) is 2.37. The molecule has 0 radical (unpaired) electrons. The summed E-state index contributed by atoms with van der Waals surface area (Å²) in [5, 5.41) is 1.82. The van der Waals surface area contributed by atoms with Crippen molar-refractivity contribution < 1.29 is 18.8 Å². The molecule has 1 aliphatic heterocycles. The largest absolute Gasteiger partial charge is 0.330 e. The Morgan fingerprint density at radius 3 is 2.38 bits per heavy atom. The molecule has 6 heteroatoms. The molecule has 0 aromatic rings. The second-order valence-corrected chi connectivity index (χ2v) is 3.79. The highest BCUT2D eigenvalue weighted by Crippen LogP contribution is 2.14. The van der Waals surface area contributed by atoms with Gasteiger partial charge in [-0.2, -0.15) is 0 Å². The summed E-state index contributed by atoms with van der Waals surface area (Å²) < 4.78 is 13.1. The fraction of sp³-hybridized carbons (Fsp3) is 0.700. The number of carbonyl (C=O) groups excluding carboxylic acids is 3. The number of nitrogens with zero attached hydrogens (tertiary/aromatic N) is 1. The predicted octanol–water partition coefficient (Wildman–Crippen LogP) is 0.839. The molecule has 1 atom stereocenters. The smallest absolute Gasteiger partial charge is 0.275 e. The van der Waals surface area contributed by atoms with Crippen LogP contribution in [0.25, 0.3) is 0 Å². The van der Waals surface area contributed by atoms with Crippen LogP contribution in [-0.4, -0.2) is 35.5 Å². The first-order valence-electron chi connectivity index (χ1n) is 5.31. The van der Waals surface area contributed by atoms with E-state index in [1.54, 1.807) is 0 Å². The van der Waals surface area contributed by atoms with Crippen LogP contribution in [0.4, 0.5) is 9.18 Å². The maximum absolute atomic E-state index is 13.1. The summed E-state index contributed by atoms with van der Waals surface area (Å²) in [6.45, 7) is 4.02. The second kappa shape index (κ2) is 5.05. The first-order valence-corrected chi connectivity index (χ1v) is 5.31. The quantitative estimate of drug-likeness (QED) is 0.728. The Balaban J connectivity index is 2.75. The van der Waals surface area contributed by atoms with Gasteiger partial charge >= 0.3 is 6.03 Å². The van der Waals surface area contributed by atoms with Crippen molar-refractivity contribution in [1.29, 1.82) is 0 Å². The zero-order valence-electron chi connectivity index (χ0n) is 9.33. The first kappa shape index (κ1) is 12.6. The summed E-state index contributed by atoms with van der Waals surface area (Å²) in [7, 11) is 0. The molecule has 1 N–H and O–H groups in total. The van der Waals surface area contributed by atoms with Crippen LogP contribution in [0.15, 0.2) is 0 Å². The van der Waals surface area contributed by atoms with E-state index in [1.165, 1.54) is 0 Å². The first-order chi connectivity index (χ1) is 7.51. The maximum atomic E-state index is 13.1. The molecular formula is C10H15FN2O3. The molecule has 0 aromatic heterocycles. The van der Waals surface area contributed by atoms with Crippen LogP contribution < -0.4 is 5.32 Å². The van der Waals surface area contributed by atoms with E-state index in [9.17, 15) is 18.8 Å². The van der Waals surface area contributed by atoms with E-state index in [4.69, 9.17) is 0 Å². The van der Waals surface area contributed by atoms with Gasteiger partial charge in [0.2, 0.25) is 0 Å². The van der Waals surface area contributed by atoms with Gasteiger partial charge in [0.05, 0.1) is 0 Å². The van der Waals surface area contributed by atoms with E-state index in [2.05, 4.69) is 0 Å². The van der Waals surface area contributed by atoms with Gasteiger partial charge < -0.3 is 0 Å². The lowest BCUT2D eigenvalue weighted by Crippen LogP contribution is -2.59. The number of amides is 4. The number of hydrogen-bond donors (Lipinski definition) is 1. The zero-order valence-corrected chi connectivity index (χ0v) is 9.33. The lowest BCUT2D eigenvalue weighted by atomic mass is 10.0. The van der Waals surface area contributed by atoms with Gasteiger partial charge in [0.15, 0.2) is 0 Å². The number of hydrogen-bond acceptors (Lipinski definition) is 3. The second-order valence-electron chi connectivity index (χ2n) is 3.79. The summed E-state index contributed by atoms with van der Waals surface area (Å²) >= 11 is 0. The normalized spacial score (nSPS) is 21.6. The van der Waals surface area contributed by atoms with Gasteiger partial charge in [0.1, 0.15) is 0 Å². The van der Waals surface area contributed by atoms with E-state index in [0.717, 1.165) is 17.7 Å². The maximum Gasteiger partial charge on any atom is 0.330 e. The number of halogens is 1. The molecule has 16 heavy (non-hydrogen) atoms. The van der Waals surface area contributed by atoms with Gasteiger partial charge in [0, 0.05) is 6.54 Å². The molecule has 4 amide bonds. The average molecular weight is 230 g/mol. The van der Waals surface area contributed by atoms with E-state index in [1.807, 2.05) is 19.2 Å². The van der Waals surface area contributed by atoms with Crippen molar-refractivity contribution in [1.82, 2.24) is 10.2 Å². The van der Waals surface area contributed by atoms with Gasteiger partial charge in [-0.3, -0.25) is 19.8 Å². The fourth-order valence-corrected chi connectivity index (χ4v) is 1.56. The summed E-state index contributed by atoms with van der Waals surface area (Å²) in [6, 6.07) is -0.823. The number of nitrogens with one attached hydrogen (secondary N) is 1. The Morgan fingerprint density at radius 2 is 1.88 bits per heavy atom. The topological polar surface area (TPSA) is 66.5 Å². The molecule has 0 spiro atoms. The van der Waals surface area contributed by atoms with Crippen LogP contribution >= 0.6 is 0 Å². The van der Waals surface area contributed by atoms with Crippen molar-refractivity contribution in [2.45, 2.75) is 32.9 Å². The summed E-state index contributed by atoms with van der Waals surface area (Å²) in [5.41, 5.74) is 0. The van der Waals surface area contributed by atoms with Crippen LogP contribution in [0.3, 0.4) is 0 Å². The third-order valence-electron chi connectivity index (χ3n) is 2.78. The van der Waals surface area contributed by atoms with Crippen LogP contribution in [0.2, 0.25) is 0 Å². The average Bonchev–Trinajstić information content (AvgIpc) is 2.27. The molecule has 1 unspecified atom stereocenters. The number of alkyl halides is 1. The molecule has 1 fully saturated rings. The zero-order chi connectivity index (χ0) is 12.3. The molecule has 0 aliphatic carbocycles. The Morgan fingerprint density at radius 1 is 1.31 bits per heavy atom. The van der Waals surface area contributed by atoms with E-state index in [0.29, 0.717) is 0 Å². The summed E-state index contributed by atoms with van der Waals surface area (Å²) in [4.78, 5) is 34.3. The van der Waals surface area contributed by atoms with Gasteiger partial charge in [0.25, 0.3) is 18.0 Å². The van der Waals surface area contributed by atoms with Gasteiger partial charge in [-0.1, -0.05) is 26.7 Å². The number of carbonyl (C=O) groups is 3. The molecule has 1 saturated heterocycles. The van der Waals surface area contributed by atoms with E-state index in [-0.39, 0.29) is 12.5 Å². The van der Waals surface area contributed by atoms with Crippen LogP contribution in [0, 0.1) is 5.92 Å². The van der Waals surface area contributed by atoms with Crippen molar-refractivity contribution in [3.63, 3.8) is 0 Å². The molecule has 1 heterocycles. The highest BCUT2D eigenvalue weighted by atomic mass is 19.1. The predicted molar refractivity (Wildman–Crippen MR) is 54.2 cm³/mol. The van der Waals surface area contributed by atoms with Crippen LogP contribution in [-0.2, 0) is 9.59 Å². The van der Waals surface area contributed by atoms with Crippen molar-refractivity contribution in [3.8, 4) is 0 Å². The van der Waals surface area contributed by atoms with Crippen LogP contribution in [0.5, 0.6) is 0 Å². The summed E-state index contributed by atoms with van der Waals surface area (Å²) in [6.07, 6.45) is -0.677. The third-order valence-corrected chi connectivity index (χ3v) is 2.78. The molecule has 5 nitrogen and oxygen atoms in total. The summed E-state index contributed by atoms with van der Waals surface area (Å²) in [5.74, 6) is -2.09. The van der Waals surface area contributed by atoms with Crippen molar-refractivity contribution >= 4 is 17.8 Å². The fourth-order valence-electron chi connectivity index (χ4n) is 1.56. The lowest BCUT2D eigenvalue weighted by molar-refractivity contribution is -0.144. The minimum absolute atomic E-state index is 0.134. The number of urea groups is 1. The Bertz CT molecular complexity index is 315. The lowest BCUT2D eigenvalue weighted by Gasteiger charge is -2.29. The molecule has 0 saturated carbocycles. The molecule has 1 aliphatic rings. The molecule has 90 valence electrons. The number of rotatable bonds is 4. The molecular weight excluding hydrogens is 215 g/mol. The number of barbiturate groups is 1. The minimum atomic E-state index is -2.26. The molecule has 0 bridgehead atoms. The molecule has 0 aromatic carbocycles. The van der Waals surface area contributed by atoms with Crippen LogP contribution in [0.1, 0.15) is 26.7 Å². The Kier molecular flexibility index (Phi) is 3.98. The van der Waals surface area contributed by atoms with E-state index < -0.39 is 24.0 Å². The van der Waals surface area contributed by atoms with Crippen molar-refractivity contribution in [3.05, 3.63) is 0 Å². The van der Waals surface area contributed by atoms with Gasteiger partial charge in [-0.25, -0.2) is 9.18 Å². The Labute approximate surface area is 93.0 Å². The number of imide groups is 2. The van der Waals surface area contributed by atoms with E-state index >= 15 is 0 Å². The van der Waals surface area contributed by atoms with Crippen molar-refractivity contribution in [2.75, 3.05) is 6.54 Å². The highest BCUT2D eigenvalue weighted by molar-refractivity contribution is 6.17. The minimum Gasteiger partial charge on any atom is -0.275 e.